The molecule has 0 heterocycles. The van der Waals surface area contributed by atoms with E-state index in [0.29, 0.717) is 6.42 Å². The second-order valence-corrected chi connectivity index (χ2v) is 6.08. The minimum Gasteiger partial charge on any atom is -0.469 e. The van der Waals surface area contributed by atoms with Crippen LogP contribution in [0.3, 0.4) is 0 Å². The minimum atomic E-state index is -0.0874. The Morgan fingerprint density at radius 1 is 0.909 bits per heavy atom. The molecule has 0 spiro atoms. The van der Waals surface area contributed by atoms with Crippen molar-refractivity contribution in [2.24, 2.45) is 0 Å². The predicted octanol–water partition coefficient (Wildman–Crippen LogP) is 6.36. The standard InChI is InChI=1S/C20H36O2/c1-4-5-6-7-8-10-13-16-19(2)17-14-11-9-12-15-18-20(21)22-3/h13,16-17H,4-12,14-15,18H2,1-3H3/b16-13+,19-17+. The van der Waals surface area contributed by atoms with E-state index in [1.165, 1.54) is 64.0 Å². The van der Waals surface area contributed by atoms with E-state index in [-0.39, 0.29) is 5.97 Å². The van der Waals surface area contributed by atoms with E-state index in [2.05, 4.69) is 36.8 Å². The molecule has 128 valence electrons. The number of unbranched alkanes of at least 4 members (excludes halogenated alkanes) is 9. The van der Waals surface area contributed by atoms with Crippen LogP contribution in [0.1, 0.15) is 90.9 Å². The second-order valence-electron chi connectivity index (χ2n) is 6.08. The molecule has 0 saturated heterocycles. The molecule has 0 aromatic heterocycles. The minimum absolute atomic E-state index is 0.0874. The fraction of sp³-hybridized carbons (Fsp3) is 0.750. The number of allylic oxidation sites excluding steroid dienone is 4. The maximum absolute atomic E-state index is 10.9. The molecular weight excluding hydrogens is 272 g/mol. The Balaban J connectivity index is 3.46. The van der Waals surface area contributed by atoms with Crippen molar-refractivity contribution in [3.05, 3.63) is 23.8 Å². The van der Waals surface area contributed by atoms with Crippen LogP contribution in [0.4, 0.5) is 0 Å². The van der Waals surface area contributed by atoms with Gasteiger partial charge in [0.1, 0.15) is 0 Å². The molecule has 0 rings (SSSR count). The van der Waals surface area contributed by atoms with Crippen molar-refractivity contribution in [1.29, 1.82) is 0 Å². The zero-order valence-electron chi connectivity index (χ0n) is 15.0. The van der Waals surface area contributed by atoms with Crippen LogP contribution in [0.2, 0.25) is 0 Å². The third kappa shape index (κ3) is 15.3. The number of rotatable bonds is 14. The van der Waals surface area contributed by atoms with E-state index in [0.717, 1.165) is 19.3 Å². The van der Waals surface area contributed by atoms with Gasteiger partial charge < -0.3 is 4.74 Å². The van der Waals surface area contributed by atoms with Crippen molar-refractivity contribution in [3.63, 3.8) is 0 Å². The Morgan fingerprint density at radius 2 is 1.55 bits per heavy atom. The van der Waals surface area contributed by atoms with E-state index in [1.807, 2.05) is 0 Å². The van der Waals surface area contributed by atoms with Crippen LogP contribution in [-0.4, -0.2) is 13.1 Å². The molecule has 0 radical (unpaired) electrons. The van der Waals surface area contributed by atoms with Gasteiger partial charge in [0, 0.05) is 6.42 Å². The van der Waals surface area contributed by atoms with Gasteiger partial charge in [-0.25, -0.2) is 0 Å². The molecule has 0 unspecified atom stereocenters. The molecule has 2 nitrogen and oxygen atoms in total. The summed E-state index contributed by atoms with van der Waals surface area (Å²) in [6, 6.07) is 0. The summed E-state index contributed by atoms with van der Waals surface area (Å²) < 4.78 is 4.63. The van der Waals surface area contributed by atoms with Gasteiger partial charge in [0.25, 0.3) is 0 Å². The Kier molecular flexibility index (Phi) is 15.5. The first kappa shape index (κ1) is 20.9. The first-order chi connectivity index (χ1) is 10.7. The molecule has 0 aliphatic rings. The summed E-state index contributed by atoms with van der Waals surface area (Å²) >= 11 is 0. The summed E-state index contributed by atoms with van der Waals surface area (Å²) in [7, 11) is 1.45. The van der Waals surface area contributed by atoms with Crippen molar-refractivity contribution in [2.75, 3.05) is 7.11 Å². The molecule has 0 amide bonds. The smallest absolute Gasteiger partial charge is 0.305 e. The number of carbonyl (C=O) groups excluding carboxylic acids is 1. The monoisotopic (exact) mass is 308 g/mol. The highest BCUT2D eigenvalue weighted by Crippen LogP contribution is 2.09. The molecule has 0 aromatic rings. The SMILES string of the molecule is CCCCCCC/C=C/C(C)=C/CCCCCCC(=O)OC. The maximum atomic E-state index is 10.9. The van der Waals surface area contributed by atoms with Gasteiger partial charge >= 0.3 is 5.97 Å². The van der Waals surface area contributed by atoms with Gasteiger partial charge in [-0.1, -0.05) is 69.2 Å². The second kappa shape index (κ2) is 16.3. The Morgan fingerprint density at radius 3 is 2.23 bits per heavy atom. The average molecular weight is 309 g/mol. The number of carbonyl (C=O) groups is 1. The van der Waals surface area contributed by atoms with Crippen molar-refractivity contribution in [3.8, 4) is 0 Å². The number of ether oxygens (including phenoxy) is 1. The van der Waals surface area contributed by atoms with Crippen LogP contribution in [0, 0.1) is 0 Å². The number of hydrogen-bond donors (Lipinski definition) is 0. The normalized spacial score (nSPS) is 12.0. The molecule has 0 aromatic carbocycles. The number of methoxy groups -OCH3 is 1. The zero-order valence-corrected chi connectivity index (χ0v) is 15.0. The summed E-state index contributed by atoms with van der Waals surface area (Å²) in [4.78, 5) is 10.9. The van der Waals surface area contributed by atoms with E-state index in [1.54, 1.807) is 0 Å². The van der Waals surface area contributed by atoms with E-state index < -0.39 is 0 Å². The van der Waals surface area contributed by atoms with Gasteiger partial charge in [-0.3, -0.25) is 4.79 Å². The van der Waals surface area contributed by atoms with Crippen molar-refractivity contribution in [1.82, 2.24) is 0 Å². The molecule has 0 saturated carbocycles. The molecule has 22 heavy (non-hydrogen) atoms. The number of esters is 1. The highest BCUT2D eigenvalue weighted by molar-refractivity contribution is 5.68. The van der Waals surface area contributed by atoms with Gasteiger partial charge in [0.05, 0.1) is 7.11 Å². The van der Waals surface area contributed by atoms with Crippen LogP contribution in [-0.2, 0) is 9.53 Å². The molecule has 0 atom stereocenters. The van der Waals surface area contributed by atoms with Crippen LogP contribution in [0.5, 0.6) is 0 Å². The quantitative estimate of drug-likeness (QED) is 0.212. The summed E-state index contributed by atoms with van der Waals surface area (Å²) in [5.74, 6) is -0.0874. The summed E-state index contributed by atoms with van der Waals surface area (Å²) in [6.07, 6.45) is 21.1. The molecule has 2 heteroatoms. The van der Waals surface area contributed by atoms with Crippen LogP contribution in [0.25, 0.3) is 0 Å². The fourth-order valence-electron chi connectivity index (χ4n) is 2.40. The van der Waals surface area contributed by atoms with E-state index >= 15 is 0 Å². The van der Waals surface area contributed by atoms with Crippen molar-refractivity contribution >= 4 is 5.97 Å². The molecule has 0 aliphatic heterocycles. The van der Waals surface area contributed by atoms with Crippen LogP contribution in [0.15, 0.2) is 23.8 Å². The van der Waals surface area contributed by atoms with Crippen molar-refractivity contribution in [2.45, 2.75) is 90.9 Å². The predicted molar refractivity (Wildman–Crippen MR) is 96.0 cm³/mol. The van der Waals surface area contributed by atoms with Crippen LogP contribution >= 0.6 is 0 Å². The average Bonchev–Trinajstić information content (AvgIpc) is 2.52. The maximum Gasteiger partial charge on any atom is 0.305 e. The topological polar surface area (TPSA) is 26.3 Å². The van der Waals surface area contributed by atoms with Crippen LogP contribution < -0.4 is 0 Å². The molecule has 0 fully saturated rings. The lowest BCUT2D eigenvalue weighted by Gasteiger charge is -2.00. The van der Waals surface area contributed by atoms with Crippen molar-refractivity contribution < 1.29 is 9.53 Å². The Hall–Kier alpha value is -1.05. The lowest BCUT2D eigenvalue weighted by molar-refractivity contribution is -0.140. The summed E-state index contributed by atoms with van der Waals surface area (Å²) in [5, 5.41) is 0. The fourth-order valence-corrected chi connectivity index (χ4v) is 2.40. The van der Waals surface area contributed by atoms with Gasteiger partial charge in [0.15, 0.2) is 0 Å². The summed E-state index contributed by atoms with van der Waals surface area (Å²) in [5.41, 5.74) is 1.38. The molecule has 0 aliphatic carbocycles. The van der Waals surface area contributed by atoms with E-state index in [4.69, 9.17) is 0 Å². The molecule has 0 bridgehead atoms. The third-order valence-corrected chi connectivity index (χ3v) is 3.88. The zero-order chi connectivity index (χ0) is 16.5. The molecule has 0 N–H and O–H groups in total. The lowest BCUT2D eigenvalue weighted by atomic mass is 10.1. The molecular formula is C20H36O2. The van der Waals surface area contributed by atoms with Gasteiger partial charge in [-0.05, 0) is 39.0 Å². The third-order valence-electron chi connectivity index (χ3n) is 3.88. The summed E-state index contributed by atoms with van der Waals surface area (Å²) in [6.45, 7) is 4.44. The largest absolute Gasteiger partial charge is 0.469 e. The van der Waals surface area contributed by atoms with Gasteiger partial charge in [0.2, 0.25) is 0 Å². The first-order valence-corrected chi connectivity index (χ1v) is 9.10. The highest BCUT2D eigenvalue weighted by Gasteiger charge is 1.98. The van der Waals surface area contributed by atoms with Gasteiger partial charge in [-0.2, -0.15) is 0 Å². The van der Waals surface area contributed by atoms with Gasteiger partial charge in [-0.15, -0.1) is 0 Å². The highest BCUT2D eigenvalue weighted by atomic mass is 16.5. The first-order valence-electron chi connectivity index (χ1n) is 9.10. The van der Waals surface area contributed by atoms with E-state index in [9.17, 15) is 4.79 Å². The Bertz CT molecular complexity index is 316. The lowest BCUT2D eigenvalue weighted by Crippen LogP contribution is -1.98. The number of hydrogen-bond acceptors (Lipinski definition) is 2. The Labute approximate surface area is 138 Å².